The molecule has 0 aliphatic rings. The Balaban J connectivity index is 2.15. The molecule has 0 saturated heterocycles. The molecule has 2 aromatic carbocycles. The molecule has 0 aliphatic heterocycles. The third-order valence-corrected chi connectivity index (χ3v) is 5.47. The summed E-state index contributed by atoms with van der Waals surface area (Å²) in [6.45, 7) is 7.94. The lowest BCUT2D eigenvalue weighted by Gasteiger charge is -2.30. The number of nitrogens with zero attached hydrogens (tertiary/aromatic N) is 1. The Hall–Kier alpha value is -2.34. The van der Waals surface area contributed by atoms with Crippen molar-refractivity contribution in [3.8, 4) is 5.75 Å². The molecule has 0 aliphatic carbocycles. The predicted molar refractivity (Wildman–Crippen MR) is 119 cm³/mol. The third kappa shape index (κ3) is 6.89. The number of nitrogens with one attached hydrogen (secondary N) is 1. The molecule has 6 heteroatoms. The van der Waals surface area contributed by atoms with Crippen LogP contribution in [0.25, 0.3) is 0 Å². The number of halogens is 1. The van der Waals surface area contributed by atoms with Crippen LogP contribution in [0.4, 0.5) is 0 Å². The first-order valence-corrected chi connectivity index (χ1v) is 10.6. The van der Waals surface area contributed by atoms with Gasteiger partial charge in [0.1, 0.15) is 11.8 Å². The Labute approximate surface area is 181 Å². The SMILES string of the molecule is CC[C@H](C)NC(=O)[C@@H](C)N(Cc1ccccc1C)C(=O)COc1ccc(Br)cc1. The van der Waals surface area contributed by atoms with Gasteiger partial charge in [-0.3, -0.25) is 9.59 Å². The number of hydrogen-bond acceptors (Lipinski definition) is 3. The van der Waals surface area contributed by atoms with Crippen molar-refractivity contribution in [2.24, 2.45) is 0 Å². The average molecular weight is 461 g/mol. The lowest BCUT2D eigenvalue weighted by molar-refractivity contribution is -0.142. The molecule has 156 valence electrons. The van der Waals surface area contributed by atoms with E-state index in [2.05, 4.69) is 21.2 Å². The summed E-state index contributed by atoms with van der Waals surface area (Å²) in [4.78, 5) is 27.3. The lowest BCUT2D eigenvalue weighted by Crippen LogP contribution is -2.50. The number of amides is 2. The zero-order valence-electron chi connectivity index (χ0n) is 17.4. The summed E-state index contributed by atoms with van der Waals surface area (Å²) in [6.07, 6.45) is 0.830. The highest BCUT2D eigenvalue weighted by Crippen LogP contribution is 2.17. The topological polar surface area (TPSA) is 58.6 Å². The first-order chi connectivity index (χ1) is 13.8. The second kappa shape index (κ2) is 11.0. The van der Waals surface area contributed by atoms with Gasteiger partial charge in [0.15, 0.2) is 6.61 Å². The second-order valence-electron chi connectivity index (χ2n) is 7.18. The summed E-state index contributed by atoms with van der Waals surface area (Å²) in [5, 5.41) is 2.97. The Bertz CT molecular complexity index is 823. The molecule has 5 nitrogen and oxygen atoms in total. The number of benzene rings is 2. The van der Waals surface area contributed by atoms with Gasteiger partial charge in [-0.2, -0.15) is 0 Å². The van der Waals surface area contributed by atoms with Gasteiger partial charge in [0, 0.05) is 17.1 Å². The molecule has 1 N–H and O–H groups in total. The highest BCUT2D eigenvalue weighted by atomic mass is 79.9. The molecular formula is C23H29BrN2O3. The standard InChI is InChI=1S/C23H29BrN2O3/c1-5-17(3)25-23(28)18(4)26(14-19-9-7-6-8-16(19)2)22(27)15-29-21-12-10-20(24)11-13-21/h6-13,17-18H,5,14-15H2,1-4H3,(H,25,28)/t17-,18+/m0/s1. The van der Waals surface area contributed by atoms with E-state index >= 15 is 0 Å². The van der Waals surface area contributed by atoms with Gasteiger partial charge < -0.3 is 15.0 Å². The minimum atomic E-state index is -0.607. The molecule has 29 heavy (non-hydrogen) atoms. The minimum Gasteiger partial charge on any atom is -0.484 e. The van der Waals surface area contributed by atoms with Crippen LogP contribution in [0.15, 0.2) is 53.0 Å². The Kier molecular flexibility index (Phi) is 8.70. The van der Waals surface area contributed by atoms with E-state index in [0.717, 1.165) is 22.0 Å². The largest absolute Gasteiger partial charge is 0.484 e. The van der Waals surface area contributed by atoms with E-state index in [0.29, 0.717) is 12.3 Å². The van der Waals surface area contributed by atoms with E-state index < -0.39 is 6.04 Å². The predicted octanol–water partition coefficient (Wildman–Crippen LogP) is 4.47. The van der Waals surface area contributed by atoms with Gasteiger partial charge >= 0.3 is 0 Å². The molecule has 0 unspecified atom stereocenters. The molecule has 2 amide bonds. The molecule has 2 rings (SSSR count). The van der Waals surface area contributed by atoms with Crippen LogP contribution in [-0.4, -0.2) is 35.4 Å². The van der Waals surface area contributed by atoms with Crippen LogP contribution >= 0.6 is 15.9 Å². The second-order valence-corrected chi connectivity index (χ2v) is 8.10. The van der Waals surface area contributed by atoms with Gasteiger partial charge in [-0.1, -0.05) is 47.1 Å². The van der Waals surface area contributed by atoms with E-state index in [4.69, 9.17) is 4.74 Å². The van der Waals surface area contributed by atoms with Crippen LogP contribution in [0.2, 0.25) is 0 Å². The van der Waals surface area contributed by atoms with E-state index in [1.54, 1.807) is 24.0 Å². The third-order valence-electron chi connectivity index (χ3n) is 4.95. The average Bonchev–Trinajstić information content (AvgIpc) is 2.71. The molecule has 0 saturated carbocycles. The maximum Gasteiger partial charge on any atom is 0.261 e. The number of carbonyl (C=O) groups is 2. The van der Waals surface area contributed by atoms with Gasteiger partial charge in [0.25, 0.3) is 5.91 Å². The monoisotopic (exact) mass is 460 g/mol. The first kappa shape index (κ1) is 22.9. The maximum absolute atomic E-state index is 13.0. The van der Waals surface area contributed by atoms with Crippen molar-refractivity contribution >= 4 is 27.7 Å². The minimum absolute atomic E-state index is 0.0550. The Morgan fingerprint density at radius 3 is 2.38 bits per heavy atom. The summed E-state index contributed by atoms with van der Waals surface area (Å²) < 4.78 is 6.60. The van der Waals surface area contributed by atoms with Gasteiger partial charge in [-0.05, 0) is 62.6 Å². The highest BCUT2D eigenvalue weighted by Gasteiger charge is 2.27. The molecular weight excluding hydrogens is 432 g/mol. The van der Waals surface area contributed by atoms with Crippen molar-refractivity contribution in [2.75, 3.05) is 6.61 Å². The van der Waals surface area contributed by atoms with Crippen LogP contribution < -0.4 is 10.1 Å². The summed E-state index contributed by atoms with van der Waals surface area (Å²) >= 11 is 3.38. The number of aryl methyl sites for hydroxylation is 1. The van der Waals surface area contributed by atoms with Crippen LogP contribution in [0, 0.1) is 6.92 Å². The fourth-order valence-electron chi connectivity index (χ4n) is 2.78. The van der Waals surface area contributed by atoms with Crippen LogP contribution in [-0.2, 0) is 16.1 Å². The smallest absolute Gasteiger partial charge is 0.261 e. The van der Waals surface area contributed by atoms with E-state index in [-0.39, 0.29) is 24.5 Å². The maximum atomic E-state index is 13.0. The van der Waals surface area contributed by atoms with Gasteiger partial charge in [0.05, 0.1) is 0 Å². The van der Waals surface area contributed by atoms with E-state index in [9.17, 15) is 9.59 Å². The van der Waals surface area contributed by atoms with Crippen LogP contribution in [0.1, 0.15) is 38.3 Å². The molecule has 2 atom stereocenters. The fourth-order valence-corrected chi connectivity index (χ4v) is 3.04. The molecule has 0 bridgehead atoms. The van der Waals surface area contributed by atoms with Crippen molar-refractivity contribution in [1.82, 2.24) is 10.2 Å². The zero-order valence-corrected chi connectivity index (χ0v) is 19.0. The normalized spacial score (nSPS) is 12.7. The number of rotatable bonds is 9. The van der Waals surface area contributed by atoms with Crippen molar-refractivity contribution in [1.29, 1.82) is 0 Å². The van der Waals surface area contributed by atoms with Gasteiger partial charge in [-0.15, -0.1) is 0 Å². The molecule has 0 fully saturated rings. The zero-order chi connectivity index (χ0) is 21.4. The summed E-state index contributed by atoms with van der Waals surface area (Å²) in [5.74, 6) is 0.210. The lowest BCUT2D eigenvalue weighted by atomic mass is 10.1. The summed E-state index contributed by atoms with van der Waals surface area (Å²) in [6, 6.07) is 14.6. The molecule has 2 aromatic rings. The summed E-state index contributed by atoms with van der Waals surface area (Å²) in [5.41, 5.74) is 2.08. The van der Waals surface area contributed by atoms with Gasteiger partial charge in [-0.25, -0.2) is 0 Å². The van der Waals surface area contributed by atoms with Crippen LogP contribution in [0.3, 0.4) is 0 Å². The van der Waals surface area contributed by atoms with E-state index in [1.165, 1.54) is 0 Å². The molecule has 0 spiro atoms. The number of ether oxygens (including phenoxy) is 1. The molecule has 0 heterocycles. The Morgan fingerprint density at radius 1 is 1.10 bits per heavy atom. The number of hydrogen-bond donors (Lipinski definition) is 1. The molecule has 0 aromatic heterocycles. The van der Waals surface area contributed by atoms with Crippen molar-refractivity contribution in [2.45, 2.75) is 52.7 Å². The van der Waals surface area contributed by atoms with Crippen molar-refractivity contribution in [3.63, 3.8) is 0 Å². The Morgan fingerprint density at radius 2 is 1.76 bits per heavy atom. The number of carbonyl (C=O) groups excluding carboxylic acids is 2. The van der Waals surface area contributed by atoms with Crippen molar-refractivity contribution in [3.05, 3.63) is 64.1 Å². The first-order valence-electron chi connectivity index (χ1n) is 9.84. The molecule has 0 radical (unpaired) electrons. The van der Waals surface area contributed by atoms with Crippen LogP contribution in [0.5, 0.6) is 5.75 Å². The highest BCUT2D eigenvalue weighted by molar-refractivity contribution is 9.10. The quantitative estimate of drug-likeness (QED) is 0.600. The van der Waals surface area contributed by atoms with Crippen molar-refractivity contribution < 1.29 is 14.3 Å². The fraction of sp³-hybridized carbons (Fsp3) is 0.391. The van der Waals surface area contributed by atoms with E-state index in [1.807, 2.05) is 57.2 Å². The van der Waals surface area contributed by atoms with Gasteiger partial charge in [0.2, 0.25) is 5.91 Å². The summed E-state index contributed by atoms with van der Waals surface area (Å²) in [7, 11) is 0.